The summed E-state index contributed by atoms with van der Waals surface area (Å²) in [6.45, 7) is 10.1. The molecule has 8 aliphatic rings. The van der Waals surface area contributed by atoms with Crippen LogP contribution in [0.25, 0.3) is 21.8 Å². The summed E-state index contributed by atoms with van der Waals surface area (Å²) in [6, 6.07) is 55.3. The maximum absolute atomic E-state index is 5.58. The van der Waals surface area contributed by atoms with Crippen LogP contribution in [0.5, 0.6) is 0 Å². The van der Waals surface area contributed by atoms with Crippen molar-refractivity contribution in [2.75, 3.05) is 0 Å². The van der Waals surface area contributed by atoms with Crippen LogP contribution in [0.15, 0.2) is 146 Å². The van der Waals surface area contributed by atoms with Gasteiger partial charge in [0, 0.05) is 35.7 Å². The number of pyridine rings is 2. The minimum atomic E-state index is -0.968. The molecular weight excluding hydrogens is 859 g/mol. The molecule has 0 radical (unpaired) electrons. The summed E-state index contributed by atoms with van der Waals surface area (Å²) in [7, 11) is -1.26. The Kier molecular flexibility index (Phi) is 10.8. The summed E-state index contributed by atoms with van der Waals surface area (Å²) < 4.78 is 0. The van der Waals surface area contributed by atoms with E-state index in [0.717, 1.165) is 52.7 Å². The average Bonchev–Trinajstić information content (AvgIpc) is 3.34. The average molecular weight is 929 g/mol. The molecule has 0 aliphatic heterocycles. The normalized spacial score (nSPS) is 28.8. The predicted octanol–water partition coefficient (Wildman–Crippen LogP) is 16.0. The maximum Gasteiger partial charge on any atom is 0.0709 e. The van der Waals surface area contributed by atoms with E-state index < -0.39 is 7.92 Å². The van der Waals surface area contributed by atoms with Crippen molar-refractivity contribution in [2.24, 2.45) is 35.5 Å². The zero-order valence-electron chi connectivity index (χ0n) is 41.0. The first kappa shape index (κ1) is 43.8. The van der Waals surface area contributed by atoms with Gasteiger partial charge in [-0.15, -0.1) is 0 Å². The third kappa shape index (κ3) is 7.56. The number of hydrogen-bond acceptors (Lipinski definition) is 2. The first-order valence-electron chi connectivity index (χ1n) is 26.6. The number of aromatic nitrogens is 2. The minimum Gasteiger partial charge on any atom is -0.248 e. The molecule has 0 unspecified atom stereocenters. The molecule has 8 bridgehead atoms. The van der Waals surface area contributed by atoms with Crippen LogP contribution in [0.2, 0.25) is 0 Å². The van der Waals surface area contributed by atoms with Gasteiger partial charge >= 0.3 is 0 Å². The fourth-order valence-corrected chi connectivity index (χ4v) is 24.0. The van der Waals surface area contributed by atoms with Gasteiger partial charge in [0.1, 0.15) is 0 Å². The van der Waals surface area contributed by atoms with Gasteiger partial charge in [-0.25, -0.2) is 9.97 Å². The van der Waals surface area contributed by atoms with Crippen LogP contribution >= 0.6 is 15.8 Å². The van der Waals surface area contributed by atoms with Gasteiger partial charge < -0.3 is 0 Å². The fraction of sp³-hybridized carbons (Fsp3) is 0.438. The van der Waals surface area contributed by atoms with Gasteiger partial charge in [0.25, 0.3) is 0 Å². The van der Waals surface area contributed by atoms with Gasteiger partial charge in [0.05, 0.1) is 21.9 Å². The molecule has 8 saturated carbocycles. The molecule has 2 aromatic heterocycles. The van der Waals surface area contributed by atoms with E-state index in [4.69, 9.17) is 9.97 Å². The van der Waals surface area contributed by atoms with E-state index >= 15 is 0 Å². The highest BCUT2D eigenvalue weighted by Gasteiger charge is 2.62. The van der Waals surface area contributed by atoms with Crippen LogP contribution < -0.4 is 10.9 Å². The van der Waals surface area contributed by atoms with Crippen molar-refractivity contribution in [3.8, 4) is 0 Å². The number of nitrogens with zero attached hydrogens (tertiary/aromatic N) is 2. The molecule has 15 rings (SSSR count). The van der Waals surface area contributed by atoms with Crippen LogP contribution in [-0.2, 0) is 23.2 Å². The smallest absolute Gasteiger partial charge is 0.0709 e. The summed E-state index contributed by atoms with van der Waals surface area (Å²) >= 11 is 0. The van der Waals surface area contributed by atoms with Crippen molar-refractivity contribution >= 4 is 48.5 Å². The lowest BCUT2D eigenvalue weighted by Crippen LogP contribution is -2.56. The van der Waals surface area contributed by atoms with Gasteiger partial charge in [-0.2, -0.15) is 0 Å². The third-order valence-electron chi connectivity index (χ3n) is 19.2. The lowest BCUT2D eigenvalue weighted by atomic mass is 9.55. The van der Waals surface area contributed by atoms with Gasteiger partial charge in [-0.1, -0.05) is 157 Å². The van der Waals surface area contributed by atoms with Crippen LogP contribution in [0.1, 0.15) is 138 Å². The molecule has 4 heteroatoms. The highest BCUT2D eigenvalue weighted by Crippen LogP contribution is 2.80. The Morgan fingerprint density at radius 2 is 0.779 bits per heavy atom. The first-order valence-corrected chi connectivity index (χ1v) is 29.6. The number of rotatable bonds is 12. The summed E-state index contributed by atoms with van der Waals surface area (Å²) in [5.41, 5.74) is 13.1. The summed E-state index contributed by atoms with van der Waals surface area (Å²) in [6.07, 6.45) is 20.5. The second-order valence-corrected chi connectivity index (χ2v) is 29.5. The van der Waals surface area contributed by atoms with Crippen LogP contribution in [0.3, 0.4) is 0 Å². The summed E-state index contributed by atoms with van der Waals surface area (Å²) in [5, 5.41) is 3.48. The van der Waals surface area contributed by atoms with Crippen molar-refractivity contribution in [1.29, 1.82) is 0 Å². The standard InChI is InChI=1S/C64H70N2P2/c1-61(2,53-17-7-5-8-18-53)55-33-51(41-67(59-25-23-49-15-11-13-21-57(49)65-59)60-26-24-50-16-12-14-22-58(50)66-60)52(34-56(55)62(3,4)54-19-9-6-10-20-54)42-68(63-35-43-27-44(36-63)29-45(28-43)37-63)64-38-46-30-47(39-64)32-48(31-46)40-64/h5-26,33-34,43-48H,27-32,35-42H2,1-4H3. The molecule has 0 amide bonds. The number of hydrogen-bond donors (Lipinski definition) is 0. The Hall–Kier alpha value is -4.22. The highest BCUT2D eigenvalue weighted by atomic mass is 31.1. The second-order valence-electron chi connectivity index (χ2n) is 24.3. The van der Waals surface area contributed by atoms with Crippen molar-refractivity contribution in [1.82, 2.24) is 9.97 Å². The first-order chi connectivity index (χ1) is 33.0. The summed E-state index contributed by atoms with van der Waals surface area (Å²) in [5.74, 6) is 5.79. The van der Waals surface area contributed by atoms with E-state index in [9.17, 15) is 0 Å². The van der Waals surface area contributed by atoms with E-state index in [1.807, 2.05) is 0 Å². The highest BCUT2D eigenvalue weighted by molar-refractivity contribution is 7.71. The topological polar surface area (TPSA) is 25.8 Å². The SMILES string of the molecule is CC(C)(c1ccccc1)c1cc(CP(c2ccc3ccccc3n2)c2ccc3ccccc3n2)c(CP(C23CC4CC(CC(C4)C2)C3)C23CC4CC(CC(C4)C2)C3)cc1C(C)(C)c1ccccc1. The largest absolute Gasteiger partial charge is 0.248 e. The molecule has 8 aliphatic carbocycles. The van der Waals surface area contributed by atoms with Crippen LogP contribution in [0.4, 0.5) is 0 Å². The molecule has 7 aromatic rings. The van der Waals surface area contributed by atoms with Gasteiger partial charge in [-0.3, -0.25) is 0 Å². The van der Waals surface area contributed by atoms with E-state index in [2.05, 4.69) is 173 Å². The number of para-hydroxylation sites is 2. The molecule has 0 saturated heterocycles. The monoisotopic (exact) mass is 929 g/mol. The van der Waals surface area contributed by atoms with E-state index in [1.54, 1.807) is 11.1 Å². The van der Waals surface area contributed by atoms with Crippen molar-refractivity contribution < 1.29 is 0 Å². The lowest BCUT2D eigenvalue weighted by molar-refractivity contribution is 0.0184. The van der Waals surface area contributed by atoms with E-state index in [0.29, 0.717) is 10.3 Å². The van der Waals surface area contributed by atoms with Crippen molar-refractivity contribution in [3.05, 3.63) is 179 Å². The lowest BCUT2D eigenvalue weighted by Gasteiger charge is -2.67. The fourth-order valence-electron chi connectivity index (χ4n) is 16.7. The zero-order chi connectivity index (χ0) is 45.8. The quantitative estimate of drug-likeness (QED) is 0.114. The van der Waals surface area contributed by atoms with E-state index in [1.165, 1.54) is 127 Å². The third-order valence-corrected chi connectivity index (χ3v) is 25.5. The molecule has 0 atom stereocenters. The zero-order valence-corrected chi connectivity index (χ0v) is 42.8. The molecule has 0 N–H and O–H groups in total. The Bertz CT molecular complexity index is 2810. The Morgan fingerprint density at radius 1 is 0.426 bits per heavy atom. The Labute approximate surface area is 409 Å². The van der Waals surface area contributed by atoms with Gasteiger partial charge in [-0.05, 0) is 187 Å². The van der Waals surface area contributed by atoms with Gasteiger partial charge in [0.15, 0.2) is 0 Å². The minimum absolute atomic E-state index is 0.204. The Balaban J connectivity index is 1.05. The van der Waals surface area contributed by atoms with Gasteiger partial charge in [0.2, 0.25) is 0 Å². The maximum atomic E-state index is 5.58. The van der Waals surface area contributed by atoms with E-state index in [-0.39, 0.29) is 18.8 Å². The van der Waals surface area contributed by atoms with Crippen molar-refractivity contribution in [2.45, 2.75) is 138 Å². The predicted molar refractivity (Wildman–Crippen MR) is 289 cm³/mol. The molecule has 2 nitrogen and oxygen atoms in total. The molecule has 5 aromatic carbocycles. The molecule has 346 valence electrons. The summed E-state index contributed by atoms with van der Waals surface area (Å²) in [4.78, 5) is 11.2. The Morgan fingerprint density at radius 3 is 1.18 bits per heavy atom. The van der Waals surface area contributed by atoms with Crippen molar-refractivity contribution in [3.63, 3.8) is 0 Å². The van der Waals surface area contributed by atoms with Crippen LogP contribution in [-0.4, -0.2) is 20.3 Å². The molecule has 8 fully saturated rings. The molecule has 2 heterocycles. The molecule has 0 spiro atoms. The second kappa shape index (κ2) is 16.7. The van der Waals surface area contributed by atoms with Crippen LogP contribution in [0, 0.1) is 35.5 Å². The number of benzene rings is 5. The number of fused-ring (bicyclic) bond motifs is 2. The molecular formula is C64H70N2P2. The molecule has 68 heavy (non-hydrogen) atoms.